The van der Waals surface area contributed by atoms with Crippen molar-refractivity contribution in [2.45, 2.75) is 26.6 Å². The number of hydrogen-bond acceptors (Lipinski definition) is 3. The van der Waals surface area contributed by atoms with E-state index in [1.807, 2.05) is 25.1 Å². The summed E-state index contributed by atoms with van der Waals surface area (Å²) in [4.78, 5) is 0. The van der Waals surface area contributed by atoms with Crippen LogP contribution < -0.4 is 4.74 Å². The van der Waals surface area contributed by atoms with Gasteiger partial charge in [0.15, 0.2) is 0 Å². The summed E-state index contributed by atoms with van der Waals surface area (Å²) in [6.07, 6.45) is 0.573. The van der Waals surface area contributed by atoms with Crippen molar-refractivity contribution in [2.75, 3.05) is 0 Å². The molecule has 0 saturated heterocycles. The number of allylic oxidation sites excluding steroid dienone is 1. The highest BCUT2D eigenvalue weighted by molar-refractivity contribution is 5.88. The van der Waals surface area contributed by atoms with Gasteiger partial charge < -0.3 is 9.84 Å². The minimum Gasteiger partial charge on any atom is -0.488 e. The molecule has 0 saturated carbocycles. The van der Waals surface area contributed by atoms with Gasteiger partial charge in [0, 0.05) is 22.8 Å². The second-order valence-corrected chi connectivity index (χ2v) is 5.40. The first-order valence-electron chi connectivity index (χ1n) is 7.47. The average molecular weight is 309 g/mol. The van der Waals surface area contributed by atoms with Gasteiger partial charge in [-0.15, -0.1) is 0 Å². The summed E-state index contributed by atoms with van der Waals surface area (Å²) in [5, 5.41) is 18.8. The van der Waals surface area contributed by atoms with Crippen LogP contribution in [0, 0.1) is 17.1 Å². The molecule has 0 spiro atoms. The van der Waals surface area contributed by atoms with Crippen molar-refractivity contribution >= 4 is 5.57 Å². The van der Waals surface area contributed by atoms with Crippen molar-refractivity contribution in [1.29, 1.82) is 5.26 Å². The number of aliphatic hydroxyl groups is 1. The number of hydrogen-bond donors (Lipinski definition) is 1. The number of nitrogens with zero attached hydrogens (tertiary/aromatic N) is 1. The quantitative estimate of drug-likeness (QED) is 0.855. The first kappa shape index (κ1) is 15.3. The lowest BCUT2D eigenvalue weighted by molar-refractivity contribution is 0.280. The molecule has 23 heavy (non-hydrogen) atoms. The van der Waals surface area contributed by atoms with E-state index in [4.69, 9.17) is 4.74 Å². The number of aliphatic hydroxyl groups excluding tert-OH is 1. The van der Waals surface area contributed by atoms with Crippen molar-refractivity contribution < 1.29 is 14.2 Å². The fourth-order valence-electron chi connectivity index (χ4n) is 2.87. The molecule has 0 amide bonds. The van der Waals surface area contributed by atoms with Crippen LogP contribution in [0.25, 0.3) is 5.57 Å². The van der Waals surface area contributed by atoms with Gasteiger partial charge in [-0.25, -0.2) is 4.39 Å². The molecule has 0 radical (unpaired) electrons. The predicted molar refractivity (Wildman–Crippen MR) is 85.0 cm³/mol. The zero-order chi connectivity index (χ0) is 16.4. The Labute approximate surface area is 134 Å². The van der Waals surface area contributed by atoms with Crippen LogP contribution in [-0.2, 0) is 13.2 Å². The maximum Gasteiger partial charge on any atom is 0.130 e. The van der Waals surface area contributed by atoms with Gasteiger partial charge in [-0.2, -0.15) is 5.26 Å². The zero-order valence-electron chi connectivity index (χ0n) is 12.8. The zero-order valence-corrected chi connectivity index (χ0v) is 12.8. The standard InChI is InChI=1S/C19H16FNO2/c1-2-13(9-21)19-16-5-3-12(10-22)7-14(16)11-23-18-8-15(20)4-6-17(18)19/h3-8,22H,2,10-11H2,1H3. The topological polar surface area (TPSA) is 53.2 Å². The molecule has 4 heteroatoms. The minimum atomic E-state index is -0.375. The average Bonchev–Trinajstić information content (AvgIpc) is 2.73. The van der Waals surface area contributed by atoms with Crippen LogP contribution in [0.3, 0.4) is 0 Å². The lowest BCUT2D eigenvalue weighted by Crippen LogP contribution is -1.98. The normalized spacial score (nSPS) is 14.9. The first-order valence-corrected chi connectivity index (χ1v) is 7.47. The Bertz CT molecular complexity index is 834. The van der Waals surface area contributed by atoms with E-state index in [1.165, 1.54) is 12.1 Å². The maximum atomic E-state index is 13.6. The first-order chi connectivity index (χ1) is 11.2. The second kappa shape index (κ2) is 6.23. The van der Waals surface area contributed by atoms with Crippen molar-refractivity contribution in [1.82, 2.24) is 0 Å². The highest BCUT2D eigenvalue weighted by atomic mass is 19.1. The molecule has 1 aliphatic rings. The number of fused-ring (bicyclic) bond motifs is 2. The molecular formula is C19H16FNO2. The molecule has 0 aliphatic carbocycles. The number of benzene rings is 2. The largest absolute Gasteiger partial charge is 0.488 e. The van der Waals surface area contributed by atoms with Crippen LogP contribution in [0.4, 0.5) is 4.39 Å². The Hall–Kier alpha value is -2.64. The van der Waals surface area contributed by atoms with E-state index in [2.05, 4.69) is 6.07 Å². The van der Waals surface area contributed by atoms with Crippen LogP contribution in [0.15, 0.2) is 42.0 Å². The molecule has 1 heterocycles. The third-order valence-electron chi connectivity index (χ3n) is 4.01. The van der Waals surface area contributed by atoms with Crippen molar-refractivity contribution in [3.05, 3.63) is 70.0 Å². The summed E-state index contributed by atoms with van der Waals surface area (Å²) in [6, 6.07) is 12.2. The van der Waals surface area contributed by atoms with Gasteiger partial charge in [-0.3, -0.25) is 0 Å². The third-order valence-corrected chi connectivity index (χ3v) is 4.01. The fourth-order valence-corrected chi connectivity index (χ4v) is 2.87. The summed E-state index contributed by atoms with van der Waals surface area (Å²) >= 11 is 0. The van der Waals surface area contributed by atoms with Crippen LogP contribution in [0.5, 0.6) is 5.75 Å². The van der Waals surface area contributed by atoms with E-state index in [9.17, 15) is 14.8 Å². The Morgan fingerprint density at radius 2 is 2.04 bits per heavy atom. The van der Waals surface area contributed by atoms with E-state index in [1.54, 1.807) is 6.07 Å². The highest BCUT2D eigenvalue weighted by Gasteiger charge is 2.22. The Balaban J connectivity index is 2.32. The molecular weight excluding hydrogens is 293 g/mol. The molecule has 1 N–H and O–H groups in total. The molecule has 1 aliphatic heterocycles. The summed E-state index contributed by atoms with van der Waals surface area (Å²) in [6.45, 7) is 2.13. The predicted octanol–water partition coefficient (Wildman–Crippen LogP) is 3.95. The van der Waals surface area contributed by atoms with Gasteiger partial charge in [0.25, 0.3) is 0 Å². The summed E-state index contributed by atoms with van der Waals surface area (Å²) in [7, 11) is 0. The van der Waals surface area contributed by atoms with E-state index < -0.39 is 0 Å². The molecule has 0 bridgehead atoms. The Morgan fingerprint density at radius 1 is 1.26 bits per heavy atom. The molecule has 116 valence electrons. The van der Waals surface area contributed by atoms with Crippen LogP contribution in [0.2, 0.25) is 0 Å². The number of nitriles is 1. The molecule has 3 nitrogen and oxygen atoms in total. The number of halogens is 1. The minimum absolute atomic E-state index is 0.0627. The second-order valence-electron chi connectivity index (χ2n) is 5.40. The molecule has 3 rings (SSSR count). The summed E-state index contributed by atoms with van der Waals surface area (Å²) in [5.74, 6) is 0.0584. The lowest BCUT2D eigenvalue weighted by atomic mass is 9.89. The lowest BCUT2D eigenvalue weighted by Gasteiger charge is -2.13. The molecule has 2 aromatic carbocycles. The molecule has 0 aromatic heterocycles. The Kier molecular flexibility index (Phi) is 4.14. The van der Waals surface area contributed by atoms with Crippen molar-refractivity contribution in [3.63, 3.8) is 0 Å². The van der Waals surface area contributed by atoms with Gasteiger partial charge in [-0.1, -0.05) is 19.1 Å². The summed E-state index contributed by atoms with van der Waals surface area (Å²) < 4.78 is 19.3. The van der Waals surface area contributed by atoms with Crippen molar-refractivity contribution in [2.24, 2.45) is 0 Å². The van der Waals surface area contributed by atoms with E-state index in [-0.39, 0.29) is 19.0 Å². The third kappa shape index (κ3) is 2.71. The maximum absolute atomic E-state index is 13.6. The monoisotopic (exact) mass is 309 g/mol. The molecule has 0 unspecified atom stereocenters. The molecule has 0 fully saturated rings. The van der Waals surface area contributed by atoms with Crippen LogP contribution in [0.1, 0.15) is 35.6 Å². The van der Waals surface area contributed by atoms with E-state index in [0.717, 1.165) is 27.8 Å². The highest BCUT2D eigenvalue weighted by Crippen LogP contribution is 2.39. The van der Waals surface area contributed by atoms with Crippen LogP contribution >= 0.6 is 0 Å². The number of ether oxygens (including phenoxy) is 1. The van der Waals surface area contributed by atoms with Gasteiger partial charge in [-0.05, 0) is 41.3 Å². The van der Waals surface area contributed by atoms with E-state index in [0.29, 0.717) is 17.7 Å². The van der Waals surface area contributed by atoms with Gasteiger partial charge in [0.05, 0.1) is 12.7 Å². The van der Waals surface area contributed by atoms with Gasteiger partial charge >= 0.3 is 0 Å². The van der Waals surface area contributed by atoms with Crippen molar-refractivity contribution in [3.8, 4) is 11.8 Å². The molecule has 2 aromatic rings. The number of rotatable bonds is 2. The SMILES string of the molecule is CCC(C#N)=C1c2ccc(CO)cc2COc2cc(F)ccc21. The Morgan fingerprint density at radius 3 is 2.74 bits per heavy atom. The smallest absolute Gasteiger partial charge is 0.130 e. The van der Waals surface area contributed by atoms with Crippen LogP contribution in [-0.4, -0.2) is 5.11 Å². The van der Waals surface area contributed by atoms with Gasteiger partial charge in [0.1, 0.15) is 18.2 Å². The molecule has 0 atom stereocenters. The summed E-state index contributed by atoms with van der Waals surface area (Å²) in [5.41, 5.74) is 4.68. The van der Waals surface area contributed by atoms with E-state index >= 15 is 0 Å². The van der Waals surface area contributed by atoms with Gasteiger partial charge in [0.2, 0.25) is 0 Å². The fraction of sp³-hybridized carbons (Fsp3) is 0.211.